The predicted molar refractivity (Wildman–Crippen MR) is 132 cm³/mol. The van der Waals surface area contributed by atoms with Crippen LogP contribution in [0.4, 0.5) is 5.82 Å². The number of nitrogens with two attached hydrogens (primary N) is 1. The molecule has 35 heavy (non-hydrogen) atoms. The van der Waals surface area contributed by atoms with Gasteiger partial charge in [0.25, 0.3) is 5.91 Å². The standard InChI is InChI=1S/C25H28N6O4/c1-25(2,34)14-31-19(13-32)29-21-22(31)20-18(28-23(21)26)11-17(12-27-20)15-4-3-5-16(10-15)24(33)30-6-8-35-9-7-30/h3-5,10-12,32,34H,6-9,13-14H2,1-2H3,(H2,26,28). The molecule has 4 N–H and O–H groups in total. The lowest BCUT2D eigenvalue weighted by molar-refractivity contribution is 0.0303. The van der Waals surface area contributed by atoms with Crippen molar-refractivity contribution in [2.45, 2.75) is 32.6 Å². The number of nitrogen functional groups attached to an aromatic ring is 1. The molecule has 1 aliphatic heterocycles. The van der Waals surface area contributed by atoms with Crippen molar-refractivity contribution in [3.8, 4) is 11.1 Å². The maximum atomic E-state index is 12.9. The summed E-state index contributed by atoms with van der Waals surface area (Å²) in [6.45, 7) is 5.50. The Labute approximate surface area is 202 Å². The number of aliphatic hydroxyl groups is 2. The molecule has 4 heterocycles. The van der Waals surface area contributed by atoms with E-state index in [4.69, 9.17) is 10.5 Å². The lowest BCUT2D eigenvalue weighted by Gasteiger charge is -2.27. The molecule has 182 valence electrons. The van der Waals surface area contributed by atoms with Gasteiger partial charge in [0.15, 0.2) is 5.82 Å². The van der Waals surface area contributed by atoms with Gasteiger partial charge >= 0.3 is 0 Å². The SMILES string of the molecule is CC(C)(O)Cn1c(CO)nc2c(N)nc3cc(-c4cccc(C(=O)N5CCOCC5)c4)cnc3c21. The third kappa shape index (κ3) is 4.43. The van der Waals surface area contributed by atoms with E-state index < -0.39 is 5.60 Å². The molecular weight excluding hydrogens is 448 g/mol. The molecule has 4 aromatic rings. The van der Waals surface area contributed by atoms with Gasteiger partial charge < -0.3 is 30.2 Å². The fraction of sp³-hybridized carbons (Fsp3) is 0.360. The van der Waals surface area contributed by atoms with Crippen LogP contribution in [0.2, 0.25) is 0 Å². The number of aliphatic hydroxyl groups excluding tert-OH is 1. The molecule has 0 spiro atoms. The van der Waals surface area contributed by atoms with Gasteiger partial charge in [0, 0.05) is 30.4 Å². The topological polar surface area (TPSA) is 140 Å². The molecule has 0 saturated carbocycles. The highest BCUT2D eigenvalue weighted by atomic mass is 16.5. The summed E-state index contributed by atoms with van der Waals surface area (Å²) < 4.78 is 7.09. The zero-order chi connectivity index (χ0) is 24.7. The van der Waals surface area contributed by atoms with Crippen LogP contribution in [0.25, 0.3) is 33.2 Å². The molecule has 0 radical (unpaired) electrons. The first-order valence-electron chi connectivity index (χ1n) is 11.5. The Morgan fingerprint density at radius 1 is 1.14 bits per heavy atom. The van der Waals surface area contributed by atoms with Gasteiger partial charge in [0.1, 0.15) is 29.0 Å². The second kappa shape index (κ2) is 8.88. The van der Waals surface area contributed by atoms with Crippen molar-refractivity contribution in [2.75, 3.05) is 32.0 Å². The lowest BCUT2D eigenvalue weighted by Crippen LogP contribution is -2.40. The Hall–Kier alpha value is -3.60. The van der Waals surface area contributed by atoms with Crippen LogP contribution in [-0.4, -0.2) is 72.4 Å². The van der Waals surface area contributed by atoms with E-state index in [0.29, 0.717) is 59.8 Å². The van der Waals surface area contributed by atoms with E-state index >= 15 is 0 Å². The van der Waals surface area contributed by atoms with Crippen LogP contribution >= 0.6 is 0 Å². The van der Waals surface area contributed by atoms with E-state index in [2.05, 4.69) is 15.0 Å². The smallest absolute Gasteiger partial charge is 0.254 e. The number of rotatable bonds is 5. The summed E-state index contributed by atoms with van der Waals surface area (Å²) in [5.74, 6) is 0.565. The number of carbonyl (C=O) groups excluding carboxylic acids is 1. The Morgan fingerprint density at radius 2 is 1.91 bits per heavy atom. The Kier molecular flexibility index (Phi) is 5.87. The van der Waals surface area contributed by atoms with E-state index in [1.54, 1.807) is 35.6 Å². The molecule has 0 atom stereocenters. The Bertz CT molecular complexity index is 1420. The van der Waals surface area contributed by atoms with E-state index in [9.17, 15) is 15.0 Å². The van der Waals surface area contributed by atoms with Crippen molar-refractivity contribution in [2.24, 2.45) is 0 Å². The van der Waals surface area contributed by atoms with Crippen LogP contribution in [0, 0.1) is 0 Å². The number of morpholine rings is 1. The van der Waals surface area contributed by atoms with E-state index in [1.807, 2.05) is 24.3 Å². The summed E-state index contributed by atoms with van der Waals surface area (Å²) in [6, 6.07) is 9.30. The number of fused-ring (bicyclic) bond motifs is 3. The molecule has 1 saturated heterocycles. The van der Waals surface area contributed by atoms with Crippen molar-refractivity contribution in [1.82, 2.24) is 24.4 Å². The molecule has 1 aromatic carbocycles. The summed E-state index contributed by atoms with van der Waals surface area (Å²) in [5.41, 5.74) is 9.58. The average Bonchev–Trinajstić information content (AvgIpc) is 3.21. The summed E-state index contributed by atoms with van der Waals surface area (Å²) in [6.07, 6.45) is 1.72. The zero-order valence-corrected chi connectivity index (χ0v) is 19.7. The third-order valence-electron chi connectivity index (χ3n) is 6.05. The number of benzene rings is 1. The minimum absolute atomic E-state index is 0.0278. The first kappa shape index (κ1) is 23.2. The fourth-order valence-corrected chi connectivity index (χ4v) is 4.44. The number of anilines is 1. The number of amides is 1. The van der Waals surface area contributed by atoms with Crippen molar-refractivity contribution in [3.05, 3.63) is 47.9 Å². The maximum Gasteiger partial charge on any atom is 0.254 e. The fourth-order valence-electron chi connectivity index (χ4n) is 4.44. The number of hydrogen-bond acceptors (Lipinski definition) is 8. The van der Waals surface area contributed by atoms with Gasteiger partial charge in [-0.1, -0.05) is 12.1 Å². The highest BCUT2D eigenvalue weighted by molar-refractivity contribution is 6.05. The highest BCUT2D eigenvalue weighted by Gasteiger charge is 2.23. The summed E-state index contributed by atoms with van der Waals surface area (Å²) >= 11 is 0. The van der Waals surface area contributed by atoms with Crippen molar-refractivity contribution in [1.29, 1.82) is 0 Å². The maximum absolute atomic E-state index is 12.9. The first-order valence-corrected chi connectivity index (χ1v) is 11.5. The van der Waals surface area contributed by atoms with E-state index in [-0.39, 0.29) is 24.9 Å². The van der Waals surface area contributed by atoms with Crippen molar-refractivity contribution in [3.63, 3.8) is 0 Å². The highest BCUT2D eigenvalue weighted by Crippen LogP contribution is 2.31. The molecule has 5 rings (SSSR count). The predicted octanol–water partition coefficient (Wildman–Crippen LogP) is 1.96. The molecule has 10 heteroatoms. The van der Waals surface area contributed by atoms with Crippen LogP contribution in [-0.2, 0) is 17.9 Å². The van der Waals surface area contributed by atoms with Gasteiger partial charge in [-0.15, -0.1) is 0 Å². The van der Waals surface area contributed by atoms with E-state index in [0.717, 1.165) is 11.1 Å². The molecule has 0 bridgehead atoms. The Balaban J connectivity index is 1.59. The van der Waals surface area contributed by atoms with Crippen LogP contribution in [0.15, 0.2) is 36.5 Å². The largest absolute Gasteiger partial charge is 0.389 e. The van der Waals surface area contributed by atoms with Crippen molar-refractivity contribution >= 4 is 33.8 Å². The summed E-state index contributed by atoms with van der Waals surface area (Å²) in [7, 11) is 0. The molecule has 0 unspecified atom stereocenters. The molecule has 0 aliphatic carbocycles. The van der Waals surface area contributed by atoms with Gasteiger partial charge in [-0.05, 0) is 37.6 Å². The number of nitrogens with zero attached hydrogens (tertiary/aromatic N) is 5. The quantitative estimate of drug-likeness (QED) is 0.397. The number of imidazole rings is 1. The number of ether oxygens (including phenoxy) is 1. The molecule has 1 fully saturated rings. The Morgan fingerprint density at radius 3 is 2.63 bits per heavy atom. The van der Waals surface area contributed by atoms with Crippen LogP contribution in [0.1, 0.15) is 30.0 Å². The van der Waals surface area contributed by atoms with E-state index in [1.165, 1.54) is 0 Å². The number of hydrogen-bond donors (Lipinski definition) is 3. The van der Waals surface area contributed by atoms with Gasteiger partial charge in [0.05, 0.1) is 30.9 Å². The molecule has 1 amide bonds. The summed E-state index contributed by atoms with van der Waals surface area (Å²) in [5, 5.41) is 20.3. The van der Waals surface area contributed by atoms with Gasteiger partial charge in [-0.3, -0.25) is 9.78 Å². The summed E-state index contributed by atoms with van der Waals surface area (Å²) in [4.78, 5) is 28.4. The second-order valence-corrected chi connectivity index (χ2v) is 9.36. The lowest BCUT2D eigenvalue weighted by atomic mass is 10.0. The zero-order valence-electron chi connectivity index (χ0n) is 19.7. The third-order valence-corrected chi connectivity index (χ3v) is 6.05. The molecule has 10 nitrogen and oxygen atoms in total. The second-order valence-electron chi connectivity index (χ2n) is 9.36. The normalized spacial score (nSPS) is 14.7. The van der Waals surface area contributed by atoms with Gasteiger partial charge in [-0.25, -0.2) is 9.97 Å². The minimum atomic E-state index is -1.05. The minimum Gasteiger partial charge on any atom is -0.389 e. The molecule has 1 aliphatic rings. The molecule has 3 aromatic heterocycles. The number of carbonyl (C=O) groups is 1. The molecular formula is C25H28N6O4. The monoisotopic (exact) mass is 476 g/mol. The van der Waals surface area contributed by atoms with Gasteiger partial charge in [-0.2, -0.15) is 0 Å². The van der Waals surface area contributed by atoms with Crippen LogP contribution in [0.5, 0.6) is 0 Å². The van der Waals surface area contributed by atoms with Crippen LogP contribution in [0.3, 0.4) is 0 Å². The van der Waals surface area contributed by atoms with Crippen molar-refractivity contribution < 1.29 is 19.7 Å². The van der Waals surface area contributed by atoms with Crippen LogP contribution < -0.4 is 5.73 Å². The van der Waals surface area contributed by atoms with Gasteiger partial charge in [0.2, 0.25) is 0 Å². The first-order chi connectivity index (χ1) is 16.7. The number of pyridine rings is 2. The average molecular weight is 477 g/mol. The number of aromatic nitrogens is 4.